The van der Waals surface area contributed by atoms with Gasteiger partial charge in [0.1, 0.15) is 17.9 Å². The molecule has 8 nitrogen and oxygen atoms in total. The maximum atomic E-state index is 14.6. The number of halogens is 4. The molecule has 3 N–H and O–H groups in total. The third-order valence-electron chi connectivity index (χ3n) is 8.36. The summed E-state index contributed by atoms with van der Waals surface area (Å²) < 4.78 is 64.0. The third kappa shape index (κ3) is 9.65. The highest BCUT2D eigenvalue weighted by Crippen LogP contribution is 2.36. The Morgan fingerprint density at radius 2 is 1.71 bits per heavy atom. The number of fused-ring (bicyclic) bond motifs is 1. The molecule has 3 atom stereocenters. The number of hydrogen-bond donors (Lipinski definition) is 4. The number of anilines is 1. The van der Waals surface area contributed by atoms with Gasteiger partial charge in [0.05, 0.1) is 28.9 Å². The number of aliphatic hydroxyl groups excluding tert-OH is 1. The largest absolute Gasteiger partial charge is 0.416 e. The number of rotatable bonds is 5. The van der Waals surface area contributed by atoms with E-state index in [2.05, 4.69) is 27.8 Å². The highest BCUT2D eigenvalue weighted by atomic mass is 32.1. The van der Waals surface area contributed by atoms with Gasteiger partial charge < -0.3 is 24.5 Å². The van der Waals surface area contributed by atoms with Crippen LogP contribution in [0.2, 0.25) is 0 Å². The highest BCUT2D eigenvalue weighted by Gasteiger charge is 2.36. The summed E-state index contributed by atoms with van der Waals surface area (Å²) in [7, 11) is 4.71. The molecule has 5 rings (SSSR count). The summed E-state index contributed by atoms with van der Waals surface area (Å²) in [6, 6.07) is 15.8. The molecule has 1 fully saturated rings. The van der Waals surface area contributed by atoms with E-state index in [9.17, 15) is 27.2 Å². The van der Waals surface area contributed by atoms with Gasteiger partial charge in [-0.2, -0.15) is 13.2 Å². The molecule has 2 unspecified atom stereocenters. The molecule has 0 radical (unpaired) electrons. The van der Waals surface area contributed by atoms with Crippen molar-refractivity contribution in [3.8, 4) is 11.1 Å². The van der Waals surface area contributed by atoms with Crippen molar-refractivity contribution in [3.05, 3.63) is 83.4 Å². The van der Waals surface area contributed by atoms with Gasteiger partial charge >= 0.3 is 6.18 Å². The molecular formula is C35H42F4N4O4S. The fourth-order valence-electron chi connectivity index (χ4n) is 5.79. The smallest absolute Gasteiger partial charge is 0.400 e. The fourth-order valence-corrected chi connectivity index (χ4v) is 5.79. The van der Waals surface area contributed by atoms with Crippen LogP contribution < -0.4 is 10.0 Å². The predicted octanol–water partition coefficient (Wildman–Crippen LogP) is 7.11. The van der Waals surface area contributed by atoms with E-state index in [1.807, 2.05) is 61.0 Å². The Morgan fingerprint density at radius 1 is 1.04 bits per heavy atom. The third-order valence-corrected chi connectivity index (χ3v) is 8.36. The van der Waals surface area contributed by atoms with Crippen LogP contribution in [0.25, 0.3) is 22.2 Å². The molecule has 0 saturated carbocycles. The molecule has 1 saturated heterocycles. The number of benzene rings is 3. The summed E-state index contributed by atoms with van der Waals surface area (Å²) in [5.74, 6) is -2.98. The second-order valence-corrected chi connectivity index (χ2v) is 11.7. The number of carbonyl (C=O) groups excluding carboxylic acids is 2. The van der Waals surface area contributed by atoms with E-state index in [1.54, 1.807) is 7.05 Å². The van der Waals surface area contributed by atoms with Crippen molar-refractivity contribution in [2.45, 2.75) is 44.7 Å². The lowest BCUT2D eigenvalue weighted by Gasteiger charge is -2.31. The predicted molar refractivity (Wildman–Crippen MR) is 182 cm³/mol. The molecule has 2 heterocycles. The van der Waals surface area contributed by atoms with E-state index >= 15 is 0 Å². The van der Waals surface area contributed by atoms with Crippen LogP contribution in [0.4, 0.5) is 23.2 Å². The molecule has 48 heavy (non-hydrogen) atoms. The van der Waals surface area contributed by atoms with Crippen LogP contribution >= 0.6 is 12.8 Å². The molecular weight excluding hydrogens is 648 g/mol. The van der Waals surface area contributed by atoms with Crippen LogP contribution in [-0.2, 0) is 27.5 Å². The van der Waals surface area contributed by atoms with E-state index in [-0.39, 0.29) is 12.3 Å². The summed E-state index contributed by atoms with van der Waals surface area (Å²) in [4.78, 5) is 30.7. The standard InChI is InChI=1S/C33H33F4N3O3.CH5NS.CH4O/c1-20-38-30-16-23(11-14-31(30)40(20)2)21-7-9-22(10-8-21)27-19-43-15-5-3-4-6-25(26(27)18-41)32(42)39-29-13-12-24(17-28(29)34)33(35,36)37;1-2-3;1-2/h7-14,16-18,25-27H,3-6,15,19H2,1-2H3,(H,39,42);2-3H,1H3;2H,1H3/t25?,26-,27?;;/m0../s1. The number of aromatic nitrogens is 2. The average Bonchev–Trinajstić information content (AvgIpc) is 3.36. The number of nitrogens with zero attached hydrogens (tertiary/aromatic N) is 2. The van der Waals surface area contributed by atoms with Crippen molar-refractivity contribution < 1.29 is 37.0 Å². The number of aryl methyl sites for hydroxylation is 2. The van der Waals surface area contributed by atoms with Gasteiger partial charge in [-0.3, -0.25) is 9.52 Å². The quantitative estimate of drug-likeness (QED) is 0.101. The molecule has 13 heteroatoms. The topological polar surface area (TPSA) is 105 Å². The van der Waals surface area contributed by atoms with Gasteiger partial charge in [-0.15, -0.1) is 0 Å². The van der Waals surface area contributed by atoms with E-state index in [0.29, 0.717) is 31.6 Å². The first-order valence-electron chi connectivity index (χ1n) is 15.5. The Labute approximate surface area is 283 Å². The Morgan fingerprint density at radius 3 is 2.33 bits per heavy atom. The summed E-state index contributed by atoms with van der Waals surface area (Å²) >= 11 is 3.54. The van der Waals surface area contributed by atoms with Crippen molar-refractivity contribution in [1.82, 2.24) is 14.3 Å². The number of hydrogen-bond acceptors (Lipinski definition) is 7. The average molecular weight is 691 g/mol. The van der Waals surface area contributed by atoms with E-state index in [4.69, 9.17) is 9.84 Å². The fraction of sp³-hybridized carbons (Fsp3) is 0.400. The second-order valence-electron chi connectivity index (χ2n) is 11.3. The lowest BCUT2D eigenvalue weighted by atomic mass is 9.76. The first kappa shape index (κ1) is 38.7. The zero-order chi connectivity index (χ0) is 35.4. The lowest BCUT2D eigenvalue weighted by molar-refractivity contribution is -0.137. The molecule has 0 bridgehead atoms. The first-order chi connectivity index (χ1) is 23.0. The summed E-state index contributed by atoms with van der Waals surface area (Å²) in [6.45, 7) is 2.68. The van der Waals surface area contributed by atoms with Gasteiger partial charge in [0.2, 0.25) is 5.91 Å². The van der Waals surface area contributed by atoms with E-state index < -0.39 is 41.2 Å². The lowest BCUT2D eigenvalue weighted by Crippen LogP contribution is -2.36. The van der Waals surface area contributed by atoms with Crippen LogP contribution in [0.15, 0.2) is 60.7 Å². The van der Waals surface area contributed by atoms with Crippen LogP contribution in [-0.4, -0.2) is 54.2 Å². The molecule has 260 valence electrons. The summed E-state index contributed by atoms with van der Waals surface area (Å²) in [6.07, 6.45) is -1.39. The minimum Gasteiger partial charge on any atom is -0.400 e. The van der Waals surface area contributed by atoms with Gasteiger partial charge in [-0.25, -0.2) is 9.37 Å². The summed E-state index contributed by atoms with van der Waals surface area (Å²) in [5.41, 5.74) is 3.17. The SMILES string of the molecule is CNS.CO.Cc1nc2cc(-c3ccc(C4COCCCCCC(C(=O)Nc5ccc(C(F)(F)F)cc5F)[C@@H]4C=O)cc3)ccc2n1C. The number of thiol groups is 1. The minimum atomic E-state index is -4.71. The Bertz CT molecular complexity index is 1650. The number of aldehydes is 1. The molecule has 3 aromatic carbocycles. The first-order valence-corrected chi connectivity index (χ1v) is 15.9. The summed E-state index contributed by atoms with van der Waals surface area (Å²) in [5, 5.41) is 9.44. The van der Waals surface area contributed by atoms with Crippen LogP contribution in [0.3, 0.4) is 0 Å². The highest BCUT2D eigenvalue weighted by molar-refractivity contribution is 7.78. The number of amides is 1. The molecule has 4 aromatic rings. The number of ether oxygens (including phenoxy) is 1. The Kier molecular flexibility index (Phi) is 14.6. The maximum absolute atomic E-state index is 14.6. The van der Waals surface area contributed by atoms with Gasteiger partial charge in [-0.1, -0.05) is 56.0 Å². The van der Waals surface area contributed by atoms with Crippen LogP contribution in [0.1, 0.15) is 48.6 Å². The van der Waals surface area contributed by atoms with Crippen LogP contribution in [0.5, 0.6) is 0 Å². The number of nitrogens with one attached hydrogen (secondary N) is 2. The zero-order valence-electron chi connectivity index (χ0n) is 27.4. The number of carbonyl (C=O) groups is 2. The minimum absolute atomic E-state index is 0.209. The normalized spacial score (nSPS) is 18.5. The van der Waals surface area contributed by atoms with Gasteiger partial charge in [0, 0.05) is 38.5 Å². The maximum Gasteiger partial charge on any atom is 0.416 e. The van der Waals surface area contributed by atoms with Crippen molar-refractivity contribution in [1.29, 1.82) is 0 Å². The Balaban J connectivity index is 0.00000118. The van der Waals surface area contributed by atoms with Crippen molar-refractivity contribution in [3.63, 3.8) is 0 Å². The van der Waals surface area contributed by atoms with Gasteiger partial charge in [0.15, 0.2) is 0 Å². The van der Waals surface area contributed by atoms with Gasteiger partial charge in [0.25, 0.3) is 0 Å². The Hall–Kier alpha value is -3.78. The molecule has 0 aliphatic carbocycles. The molecule has 1 aromatic heterocycles. The van der Waals surface area contributed by atoms with E-state index in [0.717, 1.165) is 65.9 Å². The molecule has 1 amide bonds. The van der Waals surface area contributed by atoms with Crippen molar-refractivity contribution in [2.75, 3.05) is 32.7 Å². The molecule has 0 spiro atoms. The van der Waals surface area contributed by atoms with Gasteiger partial charge in [-0.05, 0) is 73.8 Å². The number of aliphatic hydroxyl groups is 1. The number of alkyl halides is 3. The van der Waals surface area contributed by atoms with Crippen molar-refractivity contribution >= 4 is 41.7 Å². The monoisotopic (exact) mass is 690 g/mol. The van der Waals surface area contributed by atoms with Crippen LogP contribution in [0, 0.1) is 24.6 Å². The zero-order valence-corrected chi connectivity index (χ0v) is 28.2. The second kappa shape index (κ2) is 18.1. The van der Waals surface area contributed by atoms with Crippen molar-refractivity contribution in [2.24, 2.45) is 18.9 Å². The molecule has 1 aliphatic heterocycles. The number of imidazole rings is 1. The van der Waals surface area contributed by atoms with E-state index in [1.165, 1.54) is 0 Å². The molecule has 1 aliphatic rings.